The molecule has 7 heteroatoms. The molecule has 0 fully saturated rings. The van der Waals surface area contributed by atoms with E-state index >= 15 is 0 Å². The zero-order valence-corrected chi connectivity index (χ0v) is 9.92. The largest absolute Gasteiger partial charge is 0.256 e. The molecular weight excluding hydrogens is 246 g/mol. The van der Waals surface area contributed by atoms with Crippen LogP contribution in [0.2, 0.25) is 0 Å². The minimum Gasteiger partial charge on any atom is -0.256 e. The molecule has 0 aliphatic rings. The first kappa shape index (κ1) is 9.73. The smallest absolute Gasteiger partial charge is 0.245 e. The molecule has 16 heavy (non-hydrogen) atoms. The summed E-state index contributed by atoms with van der Waals surface area (Å²) in [5.74, 6) is 0. The van der Waals surface area contributed by atoms with Crippen LogP contribution in [0.3, 0.4) is 0 Å². The first-order valence-electron chi connectivity index (χ1n) is 4.50. The average molecular weight is 253 g/mol. The van der Waals surface area contributed by atoms with Crippen LogP contribution in [0.1, 0.15) is 0 Å². The summed E-state index contributed by atoms with van der Waals surface area (Å²) in [7, 11) is -3.33. The number of nitrogens with zero attached hydrogens (tertiary/aromatic N) is 3. The van der Waals surface area contributed by atoms with Gasteiger partial charge in [0.05, 0.1) is 11.0 Å². The summed E-state index contributed by atoms with van der Waals surface area (Å²) in [5.41, 5.74) is 1.55. The Hall–Kier alpha value is -1.47. The highest BCUT2D eigenvalue weighted by Crippen LogP contribution is 2.23. The van der Waals surface area contributed by atoms with Crippen molar-refractivity contribution in [3.8, 4) is 0 Å². The Morgan fingerprint density at radius 2 is 2.06 bits per heavy atom. The van der Waals surface area contributed by atoms with E-state index in [1.54, 1.807) is 4.40 Å². The molecule has 0 bridgehead atoms. The third-order valence-electron chi connectivity index (χ3n) is 2.26. The molecule has 5 nitrogen and oxygen atoms in total. The van der Waals surface area contributed by atoms with Crippen LogP contribution >= 0.6 is 11.5 Å². The molecule has 0 unspecified atom stereocenters. The van der Waals surface area contributed by atoms with Crippen LogP contribution in [0.25, 0.3) is 16.0 Å². The third-order valence-corrected chi connectivity index (χ3v) is 4.01. The highest BCUT2D eigenvalue weighted by molar-refractivity contribution is 7.90. The molecule has 0 atom stereocenters. The molecule has 0 N–H and O–H groups in total. The van der Waals surface area contributed by atoms with Crippen molar-refractivity contribution >= 4 is 37.4 Å². The van der Waals surface area contributed by atoms with Gasteiger partial charge in [-0.05, 0) is 12.1 Å². The Balaban J connectivity index is 2.58. The number of rotatable bonds is 1. The van der Waals surface area contributed by atoms with Crippen LogP contribution in [0, 0.1) is 0 Å². The number of hydrogen-bond acceptors (Lipinski definition) is 5. The minimum atomic E-state index is -3.33. The Labute approximate surface area is 95.4 Å². The molecule has 0 aliphatic carbocycles. The van der Waals surface area contributed by atoms with Crippen molar-refractivity contribution in [1.29, 1.82) is 0 Å². The lowest BCUT2D eigenvalue weighted by Crippen LogP contribution is -2.02. The van der Waals surface area contributed by atoms with Gasteiger partial charge < -0.3 is 0 Å². The molecule has 0 spiro atoms. The van der Waals surface area contributed by atoms with E-state index in [-0.39, 0.29) is 5.16 Å². The van der Waals surface area contributed by atoms with Crippen LogP contribution in [0.4, 0.5) is 0 Å². The van der Waals surface area contributed by atoms with Gasteiger partial charge in [0.25, 0.3) is 0 Å². The Bertz CT molecular complexity index is 785. The quantitative estimate of drug-likeness (QED) is 0.656. The van der Waals surface area contributed by atoms with Crippen LogP contribution in [-0.2, 0) is 9.84 Å². The second kappa shape index (κ2) is 3.02. The van der Waals surface area contributed by atoms with Gasteiger partial charge in [-0.2, -0.15) is 4.37 Å². The predicted octanol–water partition coefficient (Wildman–Crippen LogP) is 1.35. The van der Waals surface area contributed by atoms with E-state index in [0.29, 0.717) is 4.96 Å². The number of hydrogen-bond donors (Lipinski definition) is 0. The molecule has 2 aromatic heterocycles. The number of imidazole rings is 1. The van der Waals surface area contributed by atoms with Gasteiger partial charge in [-0.15, -0.1) is 0 Å². The summed E-state index contributed by atoms with van der Waals surface area (Å²) in [6, 6.07) is 7.40. The van der Waals surface area contributed by atoms with E-state index in [0.717, 1.165) is 28.8 Å². The van der Waals surface area contributed by atoms with Crippen molar-refractivity contribution in [1.82, 2.24) is 13.8 Å². The van der Waals surface area contributed by atoms with Crippen LogP contribution in [-0.4, -0.2) is 28.4 Å². The first-order valence-corrected chi connectivity index (χ1v) is 7.17. The molecular formula is C9H7N3O2S2. The second-order valence-electron chi connectivity index (χ2n) is 3.46. The van der Waals surface area contributed by atoms with Crippen molar-refractivity contribution in [2.45, 2.75) is 5.16 Å². The molecule has 0 amide bonds. The summed E-state index contributed by atoms with van der Waals surface area (Å²) in [6.07, 6.45) is 1.15. The number of benzene rings is 1. The van der Waals surface area contributed by atoms with Gasteiger partial charge in [-0.3, -0.25) is 4.40 Å². The lowest BCUT2D eigenvalue weighted by atomic mass is 10.3. The standard InChI is InChI=1S/C9H7N3O2S2/c1-16(13,14)9-11-15-8-10-6-4-2-3-5-7(6)12(8)9/h2-5H,1H3. The lowest BCUT2D eigenvalue weighted by Gasteiger charge is -1.94. The summed E-state index contributed by atoms with van der Waals surface area (Å²) in [5, 5.41) is 0.0567. The van der Waals surface area contributed by atoms with Gasteiger partial charge >= 0.3 is 0 Å². The number of aromatic nitrogens is 3. The summed E-state index contributed by atoms with van der Waals surface area (Å²) in [4.78, 5) is 4.90. The normalized spacial score (nSPS) is 12.6. The fourth-order valence-electron chi connectivity index (χ4n) is 1.60. The monoisotopic (exact) mass is 253 g/mol. The SMILES string of the molecule is CS(=O)(=O)c1nsc2nc3ccccc3n12. The van der Waals surface area contributed by atoms with Crippen molar-refractivity contribution in [3.63, 3.8) is 0 Å². The maximum absolute atomic E-state index is 11.5. The molecule has 0 aliphatic heterocycles. The van der Waals surface area contributed by atoms with Gasteiger partial charge in [0.15, 0.2) is 0 Å². The molecule has 3 aromatic rings. The highest BCUT2D eigenvalue weighted by Gasteiger charge is 2.19. The minimum absolute atomic E-state index is 0.0567. The van der Waals surface area contributed by atoms with E-state index in [4.69, 9.17) is 0 Å². The predicted molar refractivity (Wildman–Crippen MR) is 61.5 cm³/mol. The Morgan fingerprint density at radius 1 is 1.31 bits per heavy atom. The van der Waals surface area contributed by atoms with E-state index in [1.165, 1.54) is 0 Å². The first-order chi connectivity index (χ1) is 7.57. The summed E-state index contributed by atoms with van der Waals surface area (Å²) in [6.45, 7) is 0. The van der Waals surface area contributed by atoms with Crippen molar-refractivity contribution in [2.75, 3.05) is 6.26 Å². The van der Waals surface area contributed by atoms with E-state index in [1.807, 2.05) is 24.3 Å². The topological polar surface area (TPSA) is 64.3 Å². The van der Waals surface area contributed by atoms with E-state index < -0.39 is 9.84 Å². The molecule has 2 heterocycles. The lowest BCUT2D eigenvalue weighted by molar-refractivity contribution is 0.594. The second-order valence-corrected chi connectivity index (χ2v) is 6.10. The number of sulfone groups is 1. The zero-order chi connectivity index (χ0) is 11.3. The Kier molecular flexibility index (Phi) is 1.84. The molecule has 0 radical (unpaired) electrons. The summed E-state index contributed by atoms with van der Waals surface area (Å²) < 4.78 is 28.6. The average Bonchev–Trinajstić information content (AvgIpc) is 2.73. The van der Waals surface area contributed by atoms with Crippen LogP contribution in [0.15, 0.2) is 29.4 Å². The molecule has 1 aromatic carbocycles. The van der Waals surface area contributed by atoms with Crippen molar-refractivity contribution in [3.05, 3.63) is 24.3 Å². The van der Waals surface area contributed by atoms with Gasteiger partial charge in [-0.1, -0.05) is 12.1 Å². The molecule has 0 saturated carbocycles. The maximum Gasteiger partial charge on any atom is 0.245 e. The van der Waals surface area contributed by atoms with Gasteiger partial charge in [0, 0.05) is 17.8 Å². The fraction of sp³-hybridized carbons (Fsp3) is 0.111. The third kappa shape index (κ3) is 1.25. The Morgan fingerprint density at radius 3 is 2.81 bits per heavy atom. The molecule has 0 saturated heterocycles. The van der Waals surface area contributed by atoms with Gasteiger partial charge in [0.1, 0.15) is 0 Å². The molecule has 3 rings (SSSR count). The van der Waals surface area contributed by atoms with Crippen LogP contribution in [0.5, 0.6) is 0 Å². The summed E-state index contributed by atoms with van der Waals surface area (Å²) >= 11 is 1.09. The number of fused-ring (bicyclic) bond motifs is 3. The van der Waals surface area contributed by atoms with Crippen LogP contribution < -0.4 is 0 Å². The van der Waals surface area contributed by atoms with Gasteiger partial charge in [-0.25, -0.2) is 13.4 Å². The number of para-hydroxylation sites is 2. The zero-order valence-electron chi connectivity index (χ0n) is 8.28. The molecule has 82 valence electrons. The fourth-order valence-corrected chi connectivity index (χ4v) is 3.48. The van der Waals surface area contributed by atoms with Crippen molar-refractivity contribution in [2.24, 2.45) is 0 Å². The van der Waals surface area contributed by atoms with Gasteiger partial charge in [0.2, 0.25) is 20.0 Å². The van der Waals surface area contributed by atoms with E-state index in [2.05, 4.69) is 9.36 Å². The van der Waals surface area contributed by atoms with Crippen molar-refractivity contribution < 1.29 is 8.42 Å². The maximum atomic E-state index is 11.5. The highest BCUT2D eigenvalue weighted by atomic mass is 32.2. The van der Waals surface area contributed by atoms with E-state index in [9.17, 15) is 8.42 Å².